The minimum Gasteiger partial charge on any atom is -0.489 e. The molecule has 168 valence electrons. The molecule has 1 aliphatic heterocycles. The summed E-state index contributed by atoms with van der Waals surface area (Å²) >= 11 is 0. The quantitative estimate of drug-likeness (QED) is 0.698. The third-order valence-corrected chi connectivity index (χ3v) is 6.62. The Morgan fingerprint density at radius 3 is 2.09 bits per heavy atom. The van der Waals surface area contributed by atoms with E-state index in [4.69, 9.17) is 9.84 Å². The number of ketones is 2. The highest BCUT2D eigenvalue weighted by molar-refractivity contribution is 6.06. The predicted octanol–water partition coefficient (Wildman–Crippen LogP) is 4.66. The molecule has 1 heterocycles. The Kier molecular flexibility index (Phi) is 5.58. The largest absolute Gasteiger partial charge is 0.489 e. The van der Waals surface area contributed by atoms with Crippen LogP contribution in [0.4, 0.5) is 0 Å². The van der Waals surface area contributed by atoms with Crippen molar-refractivity contribution in [1.29, 1.82) is 0 Å². The molecule has 6 heteroatoms. The summed E-state index contributed by atoms with van der Waals surface area (Å²) in [6, 6.07) is 14.2. The Hall–Kier alpha value is -3.67. The third-order valence-electron chi connectivity index (χ3n) is 6.62. The van der Waals surface area contributed by atoms with E-state index in [1.54, 1.807) is 24.3 Å². The highest BCUT2D eigenvalue weighted by atomic mass is 16.5. The lowest BCUT2D eigenvalue weighted by atomic mass is 9.71. The number of nitrogens with one attached hydrogen (secondary N) is 1. The summed E-state index contributed by atoms with van der Waals surface area (Å²) in [6.07, 6.45) is 4.24. The molecule has 5 rings (SSSR count). The van der Waals surface area contributed by atoms with Gasteiger partial charge in [0.25, 0.3) is 0 Å². The van der Waals surface area contributed by atoms with Crippen molar-refractivity contribution in [3.8, 4) is 5.75 Å². The van der Waals surface area contributed by atoms with Crippen LogP contribution in [-0.2, 0) is 16.2 Å². The minimum absolute atomic E-state index is 0.0951. The van der Waals surface area contributed by atoms with Gasteiger partial charge in [0, 0.05) is 46.9 Å². The molecule has 0 saturated carbocycles. The lowest BCUT2D eigenvalue weighted by Crippen LogP contribution is -2.36. The zero-order valence-corrected chi connectivity index (χ0v) is 18.2. The van der Waals surface area contributed by atoms with Crippen molar-refractivity contribution in [3.05, 3.63) is 87.8 Å². The minimum atomic E-state index is -0.971. The summed E-state index contributed by atoms with van der Waals surface area (Å²) in [4.78, 5) is 37.2. The Morgan fingerprint density at radius 1 is 0.879 bits per heavy atom. The normalized spacial score (nSPS) is 18.5. The van der Waals surface area contributed by atoms with Crippen LogP contribution < -0.4 is 10.1 Å². The van der Waals surface area contributed by atoms with Crippen molar-refractivity contribution < 1.29 is 24.2 Å². The maximum Gasteiger partial charge on any atom is 0.335 e. The van der Waals surface area contributed by atoms with E-state index in [2.05, 4.69) is 5.32 Å². The van der Waals surface area contributed by atoms with E-state index >= 15 is 0 Å². The third kappa shape index (κ3) is 3.97. The van der Waals surface area contributed by atoms with Crippen molar-refractivity contribution in [2.45, 2.75) is 51.0 Å². The Morgan fingerprint density at radius 2 is 1.48 bits per heavy atom. The summed E-state index contributed by atoms with van der Waals surface area (Å²) < 4.78 is 6.17. The number of para-hydroxylation sites is 1. The lowest BCUT2D eigenvalue weighted by Gasteiger charge is -2.37. The second-order valence-electron chi connectivity index (χ2n) is 8.72. The zero-order valence-electron chi connectivity index (χ0n) is 18.2. The fourth-order valence-corrected chi connectivity index (χ4v) is 5.05. The number of Topliss-reactive ketones (excluding diaryl/α,β-unsaturated/α-hetero) is 2. The molecule has 0 aromatic heterocycles. The SMILES string of the molecule is O=C1CCCC2=C1C(c1ccccc1OCc1ccc(C(=O)O)cc1)C1=C(CCCC1=O)N2. The molecule has 6 nitrogen and oxygen atoms in total. The fourth-order valence-electron chi connectivity index (χ4n) is 5.05. The smallest absolute Gasteiger partial charge is 0.335 e. The monoisotopic (exact) mass is 443 g/mol. The molecular formula is C27H25NO5. The van der Waals surface area contributed by atoms with Crippen LogP contribution in [-0.4, -0.2) is 22.6 Å². The first-order valence-electron chi connectivity index (χ1n) is 11.4. The van der Waals surface area contributed by atoms with E-state index in [-0.39, 0.29) is 23.7 Å². The van der Waals surface area contributed by atoms with E-state index in [9.17, 15) is 14.4 Å². The summed E-state index contributed by atoms with van der Waals surface area (Å²) in [5, 5.41) is 12.5. The fraction of sp³-hybridized carbons (Fsp3) is 0.296. The van der Waals surface area contributed by atoms with Crippen molar-refractivity contribution in [3.63, 3.8) is 0 Å². The first-order chi connectivity index (χ1) is 16.0. The number of allylic oxidation sites excluding steroid dienone is 4. The number of hydrogen-bond acceptors (Lipinski definition) is 5. The van der Waals surface area contributed by atoms with E-state index in [0.29, 0.717) is 29.7 Å². The molecular weight excluding hydrogens is 418 g/mol. The molecule has 2 aromatic rings. The maximum absolute atomic E-state index is 13.1. The maximum atomic E-state index is 13.1. The number of ether oxygens (including phenoxy) is 1. The second kappa shape index (κ2) is 8.70. The van der Waals surface area contributed by atoms with Gasteiger partial charge in [0.15, 0.2) is 11.6 Å². The molecule has 0 unspecified atom stereocenters. The van der Waals surface area contributed by atoms with Gasteiger partial charge >= 0.3 is 5.97 Å². The highest BCUT2D eigenvalue weighted by Gasteiger charge is 2.41. The van der Waals surface area contributed by atoms with Gasteiger partial charge < -0.3 is 15.2 Å². The van der Waals surface area contributed by atoms with Gasteiger partial charge in [-0.3, -0.25) is 9.59 Å². The molecule has 2 N–H and O–H groups in total. The van der Waals surface area contributed by atoms with Crippen LogP contribution in [0.1, 0.15) is 65.9 Å². The average molecular weight is 443 g/mol. The van der Waals surface area contributed by atoms with Crippen LogP contribution in [0, 0.1) is 0 Å². The van der Waals surface area contributed by atoms with Crippen molar-refractivity contribution in [2.24, 2.45) is 0 Å². The molecule has 0 saturated heterocycles. The van der Waals surface area contributed by atoms with Crippen LogP contribution >= 0.6 is 0 Å². The van der Waals surface area contributed by atoms with Crippen LogP contribution in [0.2, 0.25) is 0 Å². The number of carboxylic acids is 1. The van der Waals surface area contributed by atoms with Gasteiger partial charge in [0.1, 0.15) is 12.4 Å². The van der Waals surface area contributed by atoms with Gasteiger partial charge in [-0.2, -0.15) is 0 Å². The number of carbonyl (C=O) groups excluding carboxylic acids is 2. The molecule has 0 amide bonds. The van der Waals surface area contributed by atoms with Gasteiger partial charge in [0.05, 0.1) is 5.56 Å². The molecule has 0 radical (unpaired) electrons. The summed E-state index contributed by atoms with van der Waals surface area (Å²) in [5.41, 5.74) is 5.19. The molecule has 2 aromatic carbocycles. The Labute approximate surface area is 192 Å². The topological polar surface area (TPSA) is 92.7 Å². The molecule has 2 aliphatic carbocycles. The van der Waals surface area contributed by atoms with Gasteiger partial charge in [-0.25, -0.2) is 4.79 Å². The molecule has 3 aliphatic rings. The zero-order chi connectivity index (χ0) is 22.9. The van der Waals surface area contributed by atoms with Crippen molar-refractivity contribution in [1.82, 2.24) is 5.32 Å². The number of dihydropyridines is 1. The number of aromatic carboxylic acids is 1. The summed E-state index contributed by atoms with van der Waals surface area (Å²) in [7, 11) is 0. The molecule has 0 spiro atoms. The Bertz CT molecular complexity index is 1160. The van der Waals surface area contributed by atoms with Gasteiger partial charge in [-0.15, -0.1) is 0 Å². The lowest BCUT2D eigenvalue weighted by molar-refractivity contribution is -0.117. The standard InChI is InChI=1S/C27H25NO5/c29-21-8-3-6-19-25(21)24(26-20(28-19)7-4-9-22(26)30)18-5-1-2-10-23(18)33-15-16-11-13-17(14-12-16)27(31)32/h1-2,5,10-14,24,28H,3-4,6-9,15H2,(H,31,32). The Balaban J connectivity index is 1.52. The number of benzene rings is 2. The van der Waals surface area contributed by atoms with Crippen LogP contribution in [0.25, 0.3) is 0 Å². The van der Waals surface area contributed by atoms with Crippen molar-refractivity contribution in [2.75, 3.05) is 0 Å². The molecule has 0 fully saturated rings. The van der Waals surface area contributed by atoms with Gasteiger partial charge in [0.2, 0.25) is 0 Å². The van der Waals surface area contributed by atoms with E-state index in [1.165, 1.54) is 0 Å². The van der Waals surface area contributed by atoms with E-state index < -0.39 is 11.9 Å². The summed E-state index contributed by atoms with van der Waals surface area (Å²) in [6.45, 7) is 0.252. The number of rotatable bonds is 5. The first-order valence-corrected chi connectivity index (χ1v) is 11.4. The molecule has 0 atom stereocenters. The van der Waals surface area contributed by atoms with Gasteiger partial charge in [-0.1, -0.05) is 30.3 Å². The molecule has 33 heavy (non-hydrogen) atoms. The van der Waals surface area contributed by atoms with E-state index in [0.717, 1.165) is 48.2 Å². The van der Waals surface area contributed by atoms with E-state index in [1.807, 2.05) is 24.3 Å². The van der Waals surface area contributed by atoms with Gasteiger partial charge in [-0.05, 0) is 49.4 Å². The predicted molar refractivity (Wildman–Crippen MR) is 122 cm³/mol. The van der Waals surface area contributed by atoms with Crippen molar-refractivity contribution >= 4 is 17.5 Å². The van der Waals surface area contributed by atoms with Crippen LogP contribution in [0.3, 0.4) is 0 Å². The summed E-state index contributed by atoms with van der Waals surface area (Å²) in [5.74, 6) is -0.568. The van der Waals surface area contributed by atoms with Crippen LogP contribution in [0.15, 0.2) is 71.1 Å². The number of hydrogen-bond donors (Lipinski definition) is 2. The first kappa shape index (κ1) is 21.2. The number of carbonyl (C=O) groups is 3. The average Bonchev–Trinajstić information content (AvgIpc) is 2.82. The van der Waals surface area contributed by atoms with Crippen LogP contribution in [0.5, 0.6) is 5.75 Å². The highest BCUT2D eigenvalue weighted by Crippen LogP contribution is 2.47. The second-order valence-corrected chi connectivity index (χ2v) is 8.72. The number of carboxylic acid groups (broad SMARTS) is 1. The molecule has 0 bridgehead atoms.